The van der Waals surface area contributed by atoms with E-state index in [0.717, 1.165) is 18.4 Å². The maximum atomic E-state index is 12.4. The SMILES string of the molecule is CC=C=C(CCCC)S(=O)(=O)c1ccc(C)cc1. The van der Waals surface area contributed by atoms with Crippen LogP contribution < -0.4 is 0 Å². The number of sulfone groups is 1. The van der Waals surface area contributed by atoms with Crippen molar-refractivity contribution in [3.05, 3.63) is 46.5 Å². The van der Waals surface area contributed by atoms with E-state index < -0.39 is 9.84 Å². The maximum absolute atomic E-state index is 12.4. The van der Waals surface area contributed by atoms with Gasteiger partial charge in [0, 0.05) is 0 Å². The quantitative estimate of drug-likeness (QED) is 0.753. The minimum atomic E-state index is -3.38. The number of benzene rings is 1. The Labute approximate surface area is 110 Å². The highest BCUT2D eigenvalue weighted by atomic mass is 32.2. The van der Waals surface area contributed by atoms with E-state index in [1.165, 1.54) is 0 Å². The highest BCUT2D eigenvalue weighted by Gasteiger charge is 2.19. The van der Waals surface area contributed by atoms with Crippen molar-refractivity contribution in [2.24, 2.45) is 0 Å². The lowest BCUT2D eigenvalue weighted by Gasteiger charge is -2.07. The van der Waals surface area contributed by atoms with Gasteiger partial charge in [-0.2, -0.15) is 0 Å². The van der Waals surface area contributed by atoms with Crippen LogP contribution in [-0.4, -0.2) is 8.42 Å². The summed E-state index contributed by atoms with van der Waals surface area (Å²) >= 11 is 0. The van der Waals surface area contributed by atoms with Crippen LogP contribution in [0.3, 0.4) is 0 Å². The Morgan fingerprint density at radius 3 is 2.39 bits per heavy atom. The Bertz CT molecular complexity index is 545. The van der Waals surface area contributed by atoms with Gasteiger partial charge < -0.3 is 0 Å². The second kappa shape index (κ2) is 6.58. The van der Waals surface area contributed by atoms with Gasteiger partial charge in [-0.15, -0.1) is 5.73 Å². The molecule has 18 heavy (non-hydrogen) atoms. The number of allylic oxidation sites excluding steroid dienone is 1. The first kappa shape index (κ1) is 14.7. The summed E-state index contributed by atoms with van der Waals surface area (Å²) in [6, 6.07) is 6.96. The Morgan fingerprint density at radius 1 is 1.28 bits per heavy atom. The smallest absolute Gasteiger partial charge is 0.210 e. The Morgan fingerprint density at radius 2 is 1.89 bits per heavy atom. The predicted octanol–water partition coefficient (Wildman–Crippen LogP) is 4.02. The number of rotatable bonds is 5. The summed E-state index contributed by atoms with van der Waals surface area (Å²) in [4.78, 5) is 0.740. The highest BCUT2D eigenvalue weighted by Crippen LogP contribution is 2.23. The summed E-state index contributed by atoms with van der Waals surface area (Å²) in [6.45, 7) is 5.78. The van der Waals surface area contributed by atoms with Gasteiger partial charge in [-0.05, 0) is 44.9 Å². The van der Waals surface area contributed by atoms with Crippen LogP contribution in [0.25, 0.3) is 0 Å². The van der Waals surface area contributed by atoms with Crippen molar-refractivity contribution in [1.82, 2.24) is 0 Å². The molecule has 1 rings (SSSR count). The molecular formula is C15H20O2S. The fraction of sp³-hybridized carbons (Fsp3) is 0.400. The standard InChI is InChI=1S/C15H20O2S/c1-4-6-8-14(7-5-2)18(16,17)15-11-9-13(3)10-12-15/h5,9-12H,4,6,8H2,1-3H3. The van der Waals surface area contributed by atoms with Crippen molar-refractivity contribution in [2.75, 3.05) is 0 Å². The van der Waals surface area contributed by atoms with Gasteiger partial charge in [0.15, 0.2) is 0 Å². The van der Waals surface area contributed by atoms with Crippen molar-refractivity contribution >= 4 is 9.84 Å². The van der Waals surface area contributed by atoms with Crippen molar-refractivity contribution in [2.45, 2.75) is 44.9 Å². The fourth-order valence-electron chi connectivity index (χ4n) is 1.64. The van der Waals surface area contributed by atoms with Gasteiger partial charge in [-0.1, -0.05) is 31.0 Å². The number of hydrogen-bond acceptors (Lipinski definition) is 2. The lowest BCUT2D eigenvalue weighted by Crippen LogP contribution is -2.04. The first-order valence-corrected chi connectivity index (χ1v) is 7.72. The summed E-state index contributed by atoms with van der Waals surface area (Å²) in [6.07, 6.45) is 4.05. The Balaban J connectivity index is 3.18. The van der Waals surface area contributed by atoms with Crippen LogP contribution in [0.1, 0.15) is 38.7 Å². The fourth-order valence-corrected chi connectivity index (χ4v) is 3.11. The molecule has 0 radical (unpaired) electrons. The van der Waals surface area contributed by atoms with E-state index in [1.807, 2.05) is 26.0 Å². The molecule has 2 nitrogen and oxygen atoms in total. The molecule has 0 amide bonds. The molecule has 0 aliphatic rings. The molecule has 0 aromatic heterocycles. The minimum Gasteiger partial charge on any atom is -0.218 e. The molecule has 0 bridgehead atoms. The summed E-state index contributed by atoms with van der Waals surface area (Å²) in [7, 11) is -3.38. The second-order valence-corrected chi connectivity index (χ2v) is 6.25. The van der Waals surface area contributed by atoms with Crippen molar-refractivity contribution < 1.29 is 8.42 Å². The van der Waals surface area contributed by atoms with E-state index in [1.54, 1.807) is 25.1 Å². The molecule has 0 atom stereocenters. The summed E-state index contributed by atoms with van der Waals surface area (Å²) < 4.78 is 24.8. The van der Waals surface area contributed by atoms with Crippen LogP contribution in [0.5, 0.6) is 0 Å². The number of hydrogen-bond donors (Lipinski definition) is 0. The van der Waals surface area contributed by atoms with E-state index in [0.29, 0.717) is 16.2 Å². The Hall–Kier alpha value is -1.31. The first-order chi connectivity index (χ1) is 8.52. The molecule has 0 N–H and O–H groups in total. The summed E-state index contributed by atoms with van der Waals surface area (Å²) in [5, 5.41) is 0. The topological polar surface area (TPSA) is 34.1 Å². The van der Waals surface area contributed by atoms with Crippen LogP contribution >= 0.6 is 0 Å². The maximum Gasteiger partial charge on any atom is 0.210 e. The van der Waals surface area contributed by atoms with Gasteiger partial charge in [-0.3, -0.25) is 0 Å². The van der Waals surface area contributed by atoms with Gasteiger partial charge in [0.25, 0.3) is 0 Å². The van der Waals surface area contributed by atoms with Crippen LogP contribution in [0.2, 0.25) is 0 Å². The molecule has 0 aliphatic carbocycles. The van der Waals surface area contributed by atoms with Crippen LogP contribution in [0.4, 0.5) is 0 Å². The van der Waals surface area contributed by atoms with Gasteiger partial charge in [-0.25, -0.2) is 8.42 Å². The average Bonchev–Trinajstić information content (AvgIpc) is 2.35. The van der Waals surface area contributed by atoms with E-state index in [9.17, 15) is 8.42 Å². The molecule has 0 aliphatic heterocycles. The van der Waals surface area contributed by atoms with Crippen molar-refractivity contribution in [3.63, 3.8) is 0 Å². The zero-order chi connectivity index (χ0) is 13.6. The molecule has 0 heterocycles. The zero-order valence-corrected chi connectivity index (χ0v) is 12.0. The Kier molecular flexibility index (Phi) is 5.39. The van der Waals surface area contributed by atoms with E-state index in [2.05, 4.69) is 5.73 Å². The third-order valence-corrected chi connectivity index (χ3v) is 4.58. The van der Waals surface area contributed by atoms with Gasteiger partial charge >= 0.3 is 0 Å². The molecule has 0 fully saturated rings. The number of unbranched alkanes of at least 4 members (excludes halogenated alkanes) is 1. The number of aryl methyl sites for hydroxylation is 1. The minimum absolute atomic E-state index is 0.355. The molecule has 0 saturated carbocycles. The lowest BCUT2D eigenvalue weighted by atomic mass is 10.2. The van der Waals surface area contributed by atoms with E-state index >= 15 is 0 Å². The summed E-state index contributed by atoms with van der Waals surface area (Å²) in [5.41, 5.74) is 3.93. The van der Waals surface area contributed by atoms with Gasteiger partial charge in [0.1, 0.15) is 0 Å². The molecule has 1 aromatic carbocycles. The lowest BCUT2D eigenvalue weighted by molar-refractivity contribution is 0.599. The van der Waals surface area contributed by atoms with E-state index in [-0.39, 0.29) is 0 Å². The molecular weight excluding hydrogens is 244 g/mol. The molecule has 0 unspecified atom stereocenters. The highest BCUT2D eigenvalue weighted by molar-refractivity contribution is 7.95. The molecule has 0 spiro atoms. The zero-order valence-electron chi connectivity index (χ0n) is 11.2. The van der Waals surface area contributed by atoms with E-state index in [4.69, 9.17) is 0 Å². The second-order valence-electron chi connectivity index (χ2n) is 4.28. The van der Waals surface area contributed by atoms with Gasteiger partial charge in [0.2, 0.25) is 9.84 Å². The monoisotopic (exact) mass is 264 g/mol. The van der Waals surface area contributed by atoms with Crippen LogP contribution in [0.15, 0.2) is 45.9 Å². The molecule has 0 saturated heterocycles. The van der Waals surface area contributed by atoms with Gasteiger partial charge in [0.05, 0.1) is 9.80 Å². The molecule has 3 heteroatoms. The summed E-state index contributed by atoms with van der Waals surface area (Å²) in [5.74, 6) is 0. The van der Waals surface area contributed by atoms with Crippen LogP contribution in [0, 0.1) is 6.92 Å². The third-order valence-electron chi connectivity index (χ3n) is 2.72. The van der Waals surface area contributed by atoms with Crippen LogP contribution in [-0.2, 0) is 9.84 Å². The third kappa shape index (κ3) is 3.59. The first-order valence-electron chi connectivity index (χ1n) is 6.24. The largest absolute Gasteiger partial charge is 0.218 e. The van der Waals surface area contributed by atoms with Crippen molar-refractivity contribution in [3.8, 4) is 0 Å². The van der Waals surface area contributed by atoms with Crippen molar-refractivity contribution in [1.29, 1.82) is 0 Å². The predicted molar refractivity (Wildman–Crippen MR) is 75.2 cm³/mol. The molecule has 1 aromatic rings. The average molecular weight is 264 g/mol. The molecule has 98 valence electrons. The normalized spacial score (nSPS) is 10.8.